The maximum atomic E-state index is 5.81. The van der Waals surface area contributed by atoms with Crippen molar-refractivity contribution in [3.8, 4) is 10.6 Å². The molecule has 7 heteroatoms. The second-order valence-electron chi connectivity index (χ2n) is 6.44. The molecule has 3 rings (SSSR count). The summed E-state index contributed by atoms with van der Waals surface area (Å²) in [7, 11) is 0. The molecule has 134 valence electrons. The van der Waals surface area contributed by atoms with Crippen LogP contribution in [0.4, 0.5) is 0 Å². The van der Waals surface area contributed by atoms with Gasteiger partial charge < -0.3 is 10.1 Å². The van der Waals surface area contributed by atoms with Crippen LogP contribution in [0.2, 0.25) is 0 Å². The fraction of sp³-hybridized carbons (Fsp3) is 0.588. The molecule has 0 aromatic carbocycles. The first-order valence-electron chi connectivity index (χ1n) is 8.30. The number of hydrogen-bond donors (Lipinski definition) is 2. The first-order valence-corrected chi connectivity index (χ1v) is 9.17. The van der Waals surface area contributed by atoms with Crippen LogP contribution < -0.4 is 5.32 Å². The van der Waals surface area contributed by atoms with Crippen LogP contribution in [0.3, 0.4) is 0 Å². The van der Waals surface area contributed by atoms with E-state index in [4.69, 9.17) is 4.74 Å². The topological polar surface area (TPSA) is 53.2 Å². The van der Waals surface area contributed by atoms with Gasteiger partial charge in [0.15, 0.2) is 0 Å². The Bertz CT molecular complexity index is 594. The van der Waals surface area contributed by atoms with Gasteiger partial charge in [0.25, 0.3) is 0 Å². The summed E-state index contributed by atoms with van der Waals surface area (Å²) in [5, 5.41) is 13.0. The fourth-order valence-electron chi connectivity index (χ4n) is 3.20. The molecule has 1 aliphatic heterocycles. The summed E-state index contributed by atoms with van der Waals surface area (Å²) in [6, 6.07) is 4.70. The average molecular weight is 371 g/mol. The van der Waals surface area contributed by atoms with Gasteiger partial charge in [0.1, 0.15) is 0 Å². The van der Waals surface area contributed by atoms with Crippen LogP contribution in [0, 0.1) is 0 Å². The highest BCUT2D eigenvalue weighted by molar-refractivity contribution is 7.13. The molecule has 0 saturated carbocycles. The van der Waals surface area contributed by atoms with E-state index in [1.807, 2.05) is 6.20 Å². The molecule has 0 radical (unpaired) electrons. The smallest absolute Gasteiger partial charge is 0.0794 e. The lowest BCUT2D eigenvalue weighted by molar-refractivity contribution is -0.0781. The second kappa shape index (κ2) is 8.97. The molecule has 3 atom stereocenters. The van der Waals surface area contributed by atoms with Crippen molar-refractivity contribution in [2.75, 3.05) is 19.6 Å². The number of hydrogen-bond acceptors (Lipinski definition) is 5. The number of nitrogens with one attached hydrogen (secondary N) is 2. The SMILES string of the molecule is CC1CN(C(C)CNCc2cn[nH]c2-c2cccs2)CC(C)O1.Cl. The van der Waals surface area contributed by atoms with Crippen LogP contribution in [-0.2, 0) is 11.3 Å². The van der Waals surface area contributed by atoms with Gasteiger partial charge in [-0.2, -0.15) is 5.10 Å². The van der Waals surface area contributed by atoms with Gasteiger partial charge in [-0.15, -0.1) is 23.7 Å². The van der Waals surface area contributed by atoms with E-state index in [0.717, 1.165) is 31.9 Å². The van der Waals surface area contributed by atoms with Crippen molar-refractivity contribution in [1.82, 2.24) is 20.4 Å². The molecule has 0 amide bonds. The molecule has 3 heterocycles. The number of H-pyrrole nitrogens is 1. The Morgan fingerprint density at radius 2 is 2.17 bits per heavy atom. The fourth-order valence-corrected chi connectivity index (χ4v) is 3.96. The highest BCUT2D eigenvalue weighted by Crippen LogP contribution is 2.25. The summed E-state index contributed by atoms with van der Waals surface area (Å²) in [4.78, 5) is 3.75. The van der Waals surface area contributed by atoms with Crippen LogP contribution in [0.25, 0.3) is 10.6 Å². The first kappa shape index (κ1) is 19.4. The number of thiophene rings is 1. The van der Waals surface area contributed by atoms with Gasteiger partial charge in [-0.1, -0.05) is 6.07 Å². The highest BCUT2D eigenvalue weighted by atomic mass is 35.5. The third-order valence-electron chi connectivity index (χ3n) is 4.31. The van der Waals surface area contributed by atoms with Gasteiger partial charge in [0.05, 0.1) is 29.0 Å². The predicted molar refractivity (Wildman–Crippen MR) is 102 cm³/mol. The van der Waals surface area contributed by atoms with Gasteiger partial charge >= 0.3 is 0 Å². The number of morpholine rings is 1. The first-order chi connectivity index (χ1) is 11.1. The summed E-state index contributed by atoms with van der Waals surface area (Å²) in [5.41, 5.74) is 2.36. The Balaban J connectivity index is 0.00000208. The summed E-state index contributed by atoms with van der Waals surface area (Å²) >= 11 is 1.74. The standard InChI is InChI=1S/C17H26N4OS.ClH/c1-12(21-10-13(2)22-14(3)11-21)7-18-8-15-9-19-20-17(15)16-5-4-6-23-16;/h4-6,9,12-14,18H,7-8,10-11H2,1-3H3,(H,19,20);1H. The van der Waals surface area contributed by atoms with Crippen molar-refractivity contribution in [2.24, 2.45) is 0 Å². The minimum absolute atomic E-state index is 0. The molecule has 1 fully saturated rings. The lowest BCUT2D eigenvalue weighted by Gasteiger charge is -2.39. The van der Waals surface area contributed by atoms with Gasteiger partial charge in [0.2, 0.25) is 0 Å². The molecule has 5 nitrogen and oxygen atoms in total. The molecule has 3 unspecified atom stereocenters. The van der Waals surface area contributed by atoms with Gasteiger partial charge in [-0.3, -0.25) is 10.00 Å². The molecule has 1 saturated heterocycles. The maximum Gasteiger partial charge on any atom is 0.0794 e. The number of aromatic amines is 1. The monoisotopic (exact) mass is 370 g/mol. The van der Waals surface area contributed by atoms with Crippen LogP contribution >= 0.6 is 23.7 Å². The number of nitrogens with zero attached hydrogens (tertiary/aromatic N) is 2. The third-order valence-corrected chi connectivity index (χ3v) is 5.20. The quantitative estimate of drug-likeness (QED) is 0.820. The van der Waals surface area contributed by atoms with E-state index in [2.05, 4.69) is 58.7 Å². The van der Waals surface area contributed by atoms with Gasteiger partial charge in [-0.05, 0) is 32.2 Å². The third kappa shape index (κ3) is 4.80. The summed E-state index contributed by atoms with van der Waals surface area (Å²) in [6.45, 7) is 10.4. The van der Waals surface area contributed by atoms with E-state index in [1.54, 1.807) is 11.3 Å². The van der Waals surface area contributed by atoms with Crippen molar-refractivity contribution in [3.63, 3.8) is 0 Å². The van der Waals surface area contributed by atoms with Crippen molar-refractivity contribution in [3.05, 3.63) is 29.3 Å². The zero-order valence-electron chi connectivity index (χ0n) is 14.5. The predicted octanol–water partition coefficient (Wildman–Crippen LogP) is 3.15. The van der Waals surface area contributed by atoms with Crippen molar-refractivity contribution >= 4 is 23.7 Å². The van der Waals surface area contributed by atoms with E-state index in [-0.39, 0.29) is 12.4 Å². The maximum absolute atomic E-state index is 5.81. The van der Waals surface area contributed by atoms with E-state index >= 15 is 0 Å². The number of ether oxygens (including phenoxy) is 1. The molecule has 0 aliphatic carbocycles. The van der Waals surface area contributed by atoms with Crippen LogP contribution in [-0.4, -0.2) is 53.0 Å². The summed E-state index contributed by atoms with van der Waals surface area (Å²) in [6.07, 6.45) is 2.56. The number of aromatic nitrogens is 2. The lowest BCUT2D eigenvalue weighted by Crippen LogP contribution is -2.51. The van der Waals surface area contributed by atoms with Gasteiger partial charge in [0, 0.05) is 37.8 Å². The van der Waals surface area contributed by atoms with Crippen LogP contribution in [0.1, 0.15) is 26.3 Å². The molecule has 0 spiro atoms. The normalized spacial score (nSPS) is 23.0. The minimum Gasteiger partial charge on any atom is -0.373 e. The van der Waals surface area contributed by atoms with Crippen LogP contribution in [0.15, 0.2) is 23.7 Å². The molecule has 2 aromatic heterocycles. The number of rotatable bonds is 6. The summed E-state index contributed by atoms with van der Waals surface area (Å²) in [5.74, 6) is 0. The van der Waals surface area contributed by atoms with E-state index in [0.29, 0.717) is 18.2 Å². The molecular weight excluding hydrogens is 344 g/mol. The average Bonchev–Trinajstić information content (AvgIpc) is 3.16. The van der Waals surface area contributed by atoms with Crippen molar-refractivity contribution in [1.29, 1.82) is 0 Å². The summed E-state index contributed by atoms with van der Waals surface area (Å²) < 4.78 is 5.81. The van der Waals surface area contributed by atoms with E-state index < -0.39 is 0 Å². The second-order valence-corrected chi connectivity index (χ2v) is 7.39. The molecule has 0 bridgehead atoms. The van der Waals surface area contributed by atoms with E-state index in [1.165, 1.54) is 10.4 Å². The van der Waals surface area contributed by atoms with Crippen molar-refractivity contribution in [2.45, 2.75) is 45.6 Å². The Kier molecular flexibility index (Phi) is 7.25. The Hall–Kier alpha value is -0.920. The Morgan fingerprint density at radius 1 is 1.42 bits per heavy atom. The van der Waals surface area contributed by atoms with Crippen LogP contribution in [0.5, 0.6) is 0 Å². The molecule has 2 aromatic rings. The largest absolute Gasteiger partial charge is 0.373 e. The highest BCUT2D eigenvalue weighted by Gasteiger charge is 2.25. The Labute approximate surface area is 154 Å². The molecule has 2 N–H and O–H groups in total. The zero-order valence-corrected chi connectivity index (χ0v) is 16.1. The molecule has 24 heavy (non-hydrogen) atoms. The lowest BCUT2D eigenvalue weighted by atomic mass is 10.1. The van der Waals surface area contributed by atoms with Gasteiger partial charge in [-0.25, -0.2) is 0 Å². The minimum atomic E-state index is 0. The molecular formula is C17H27ClN4OS. The Morgan fingerprint density at radius 3 is 2.83 bits per heavy atom. The van der Waals surface area contributed by atoms with E-state index in [9.17, 15) is 0 Å². The zero-order chi connectivity index (χ0) is 16.2. The number of halogens is 1. The van der Waals surface area contributed by atoms with Crippen molar-refractivity contribution < 1.29 is 4.74 Å². The molecule has 1 aliphatic rings.